The molecule has 1 rings (SSSR count). The van der Waals surface area contributed by atoms with E-state index in [-0.39, 0.29) is 6.10 Å². The maximum atomic E-state index is 11.2. The smallest absolute Gasteiger partial charge is 0.331 e. The Kier molecular flexibility index (Phi) is 3.47. The fraction of sp³-hybridized carbons (Fsp3) is 0.600. The van der Waals surface area contributed by atoms with Crippen LogP contribution in [0.5, 0.6) is 0 Å². The van der Waals surface area contributed by atoms with Gasteiger partial charge >= 0.3 is 11.9 Å². The van der Waals surface area contributed by atoms with Crippen molar-refractivity contribution >= 4 is 11.9 Å². The second-order valence-corrected chi connectivity index (χ2v) is 4.01. The van der Waals surface area contributed by atoms with E-state index in [0.717, 1.165) is 12.2 Å². The second kappa shape index (κ2) is 4.44. The van der Waals surface area contributed by atoms with Gasteiger partial charge in [0.05, 0.1) is 12.7 Å². The van der Waals surface area contributed by atoms with Crippen LogP contribution < -0.4 is 0 Å². The lowest BCUT2D eigenvalue weighted by molar-refractivity contribution is -0.151. The molecule has 84 valence electrons. The van der Waals surface area contributed by atoms with Gasteiger partial charge in [-0.05, 0) is 13.8 Å². The van der Waals surface area contributed by atoms with E-state index in [2.05, 4.69) is 0 Å². The number of esters is 1. The number of epoxide rings is 1. The van der Waals surface area contributed by atoms with E-state index >= 15 is 0 Å². The Labute approximate surface area is 87.7 Å². The number of hydrogen-bond donors (Lipinski definition) is 1. The average molecular weight is 214 g/mol. The number of carbonyl (C=O) groups is 2. The SMILES string of the molecule is CC(C)(CC1CO1)OC(=O)C=CC(=O)O. The summed E-state index contributed by atoms with van der Waals surface area (Å²) >= 11 is 0. The zero-order chi connectivity index (χ0) is 11.5. The topological polar surface area (TPSA) is 76.1 Å². The predicted molar refractivity (Wildman–Crippen MR) is 51.3 cm³/mol. The average Bonchev–Trinajstić information content (AvgIpc) is 2.82. The molecule has 0 radical (unpaired) electrons. The Hall–Kier alpha value is -1.36. The zero-order valence-electron chi connectivity index (χ0n) is 8.73. The van der Waals surface area contributed by atoms with Gasteiger partial charge in [0.2, 0.25) is 0 Å². The summed E-state index contributed by atoms with van der Waals surface area (Å²) in [6.07, 6.45) is 2.44. The lowest BCUT2D eigenvalue weighted by Gasteiger charge is -2.23. The first-order valence-electron chi connectivity index (χ1n) is 4.65. The van der Waals surface area contributed by atoms with Crippen LogP contribution >= 0.6 is 0 Å². The Morgan fingerprint density at radius 1 is 1.53 bits per heavy atom. The summed E-state index contributed by atoms with van der Waals surface area (Å²) in [6, 6.07) is 0. The third-order valence-corrected chi connectivity index (χ3v) is 1.86. The molecule has 1 atom stereocenters. The van der Waals surface area contributed by atoms with Crippen LogP contribution in [-0.2, 0) is 19.1 Å². The van der Waals surface area contributed by atoms with Gasteiger partial charge < -0.3 is 14.6 Å². The minimum atomic E-state index is -1.17. The standard InChI is InChI=1S/C10H14O5/c1-10(2,5-7-6-14-7)15-9(13)4-3-8(11)12/h3-4,7H,5-6H2,1-2H3,(H,11,12). The van der Waals surface area contributed by atoms with Crippen LogP contribution in [0.1, 0.15) is 20.3 Å². The lowest BCUT2D eigenvalue weighted by Crippen LogP contribution is -2.29. The molecule has 1 aliphatic rings. The van der Waals surface area contributed by atoms with Crippen molar-refractivity contribution in [3.8, 4) is 0 Å². The van der Waals surface area contributed by atoms with Crippen LogP contribution in [0, 0.1) is 0 Å². The second-order valence-electron chi connectivity index (χ2n) is 4.01. The van der Waals surface area contributed by atoms with Crippen LogP contribution in [0.2, 0.25) is 0 Å². The zero-order valence-corrected chi connectivity index (χ0v) is 8.73. The molecule has 0 bridgehead atoms. The third kappa shape index (κ3) is 5.17. The van der Waals surface area contributed by atoms with E-state index in [1.807, 2.05) is 0 Å². The molecule has 1 unspecified atom stereocenters. The largest absolute Gasteiger partial charge is 0.478 e. The fourth-order valence-electron chi connectivity index (χ4n) is 1.22. The highest BCUT2D eigenvalue weighted by Gasteiger charge is 2.33. The van der Waals surface area contributed by atoms with Gasteiger partial charge in [0.1, 0.15) is 5.60 Å². The first-order valence-corrected chi connectivity index (χ1v) is 4.65. The van der Waals surface area contributed by atoms with Gasteiger partial charge in [0, 0.05) is 18.6 Å². The fourth-order valence-corrected chi connectivity index (χ4v) is 1.22. The summed E-state index contributed by atoms with van der Waals surface area (Å²) in [5, 5.41) is 8.30. The quantitative estimate of drug-likeness (QED) is 0.415. The molecule has 1 aliphatic heterocycles. The van der Waals surface area contributed by atoms with Crippen LogP contribution in [0.25, 0.3) is 0 Å². The summed E-state index contributed by atoms with van der Waals surface area (Å²) in [5.74, 6) is -1.82. The molecule has 0 saturated carbocycles. The molecule has 1 heterocycles. The van der Waals surface area contributed by atoms with E-state index in [4.69, 9.17) is 14.6 Å². The van der Waals surface area contributed by atoms with Gasteiger partial charge in [-0.3, -0.25) is 0 Å². The highest BCUT2D eigenvalue weighted by atomic mass is 16.6. The summed E-state index contributed by atoms with van der Waals surface area (Å²) in [5.41, 5.74) is -0.624. The Bertz CT molecular complexity index is 288. The van der Waals surface area contributed by atoms with Gasteiger partial charge in [0.15, 0.2) is 0 Å². The van der Waals surface area contributed by atoms with Crippen LogP contribution in [0.3, 0.4) is 0 Å². The minimum absolute atomic E-state index is 0.163. The third-order valence-electron chi connectivity index (χ3n) is 1.86. The molecule has 1 fully saturated rings. The van der Waals surface area contributed by atoms with E-state index < -0.39 is 17.5 Å². The molecule has 0 aromatic rings. The van der Waals surface area contributed by atoms with E-state index in [9.17, 15) is 9.59 Å². The van der Waals surface area contributed by atoms with Gasteiger partial charge in [-0.2, -0.15) is 0 Å². The molecule has 0 aromatic heterocycles. The normalized spacial score (nSPS) is 20.3. The molecule has 0 aromatic carbocycles. The number of carbonyl (C=O) groups excluding carboxylic acids is 1. The van der Waals surface area contributed by atoms with Crippen molar-refractivity contribution in [2.45, 2.75) is 32.0 Å². The Morgan fingerprint density at radius 2 is 2.13 bits per heavy atom. The number of aliphatic carboxylic acids is 1. The van der Waals surface area contributed by atoms with Crippen molar-refractivity contribution in [2.24, 2.45) is 0 Å². The molecule has 1 N–H and O–H groups in total. The molecule has 5 nitrogen and oxygen atoms in total. The highest BCUT2D eigenvalue weighted by Crippen LogP contribution is 2.25. The van der Waals surface area contributed by atoms with E-state index in [1.54, 1.807) is 13.8 Å². The minimum Gasteiger partial charge on any atom is -0.478 e. The number of carboxylic acids is 1. The molecule has 15 heavy (non-hydrogen) atoms. The van der Waals surface area contributed by atoms with Gasteiger partial charge in [0.25, 0.3) is 0 Å². The van der Waals surface area contributed by atoms with Crippen molar-refractivity contribution < 1.29 is 24.2 Å². The Morgan fingerprint density at radius 3 is 2.60 bits per heavy atom. The van der Waals surface area contributed by atoms with Gasteiger partial charge in [-0.25, -0.2) is 9.59 Å². The number of carboxylic acid groups (broad SMARTS) is 1. The Balaban J connectivity index is 2.37. The van der Waals surface area contributed by atoms with Crippen molar-refractivity contribution in [3.63, 3.8) is 0 Å². The van der Waals surface area contributed by atoms with Crippen molar-refractivity contribution in [1.82, 2.24) is 0 Å². The van der Waals surface area contributed by atoms with Crippen molar-refractivity contribution in [3.05, 3.63) is 12.2 Å². The summed E-state index contributed by atoms with van der Waals surface area (Å²) in [6.45, 7) is 4.23. The monoisotopic (exact) mass is 214 g/mol. The van der Waals surface area contributed by atoms with Gasteiger partial charge in [-0.1, -0.05) is 0 Å². The summed E-state index contributed by atoms with van der Waals surface area (Å²) < 4.78 is 10.1. The maximum absolute atomic E-state index is 11.2. The summed E-state index contributed by atoms with van der Waals surface area (Å²) in [7, 11) is 0. The molecule has 0 amide bonds. The molecule has 0 aliphatic carbocycles. The van der Waals surface area contributed by atoms with Crippen LogP contribution in [-0.4, -0.2) is 35.4 Å². The molecular weight excluding hydrogens is 200 g/mol. The van der Waals surface area contributed by atoms with Crippen molar-refractivity contribution in [2.75, 3.05) is 6.61 Å². The first-order chi connectivity index (χ1) is 6.89. The first kappa shape index (κ1) is 11.7. The predicted octanol–water partition coefficient (Wildman–Crippen LogP) is 0.738. The van der Waals surface area contributed by atoms with Crippen LogP contribution in [0.4, 0.5) is 0 Å². The summed E-state index contributed by atoms with van der Waals surface area (Å²) in [4.78, 5) is 21.3. The van der Waals surface area contributed by atoms with Crippen molar-refractivity contribution in [1.29, 1.82) is 0 Å². The number of hydrogen-bond acceptors (Lipinski definition) is 4. The number of rotatable bonds is 5. The molecule has 5 heteroatoms. The maximum Gasteiger partial charge on any atom is 0.331 e. The van der Waals surface area contributed by atoms with E-state index in [0.29, 0.717) is 13.0 Å². The van der Waals surface area contributed by atoms with Gasteiger partial charge in [-0.15, -0.1) is 0 Å². The molecule has 1 saturated heterocycles. The highest BCUT2D eigenvalue weighted by molar-refractivity contribution is 5.90. The molecule has 0 spiro atoms. The molecular formula is C10H14O5. The van der Waals surface area contributed by atoms with E-state index in [1.165, 1.54) is 0 Å². The van der Waals surface area contributed by atoms with Crippen LogP contribution in [0.15, 0.2) is 12.2 Å². The lowest BCUT2D eigenvalue weighted by atomic mass is 10.0. The number of ether oxygens (including phenoxy) is 2.